The van der Waals surface area contributed by atoms with Gasteiger partial charge in [0.1, 0.15) is 6.07 Å². The van der Waals surface area contributed by atoms with Crippen LogP contribution in [0.25, 0.3) is 0 Å². The van der Waals surface area contributed by atoms with Crippen molar-refractivity contribution in [2.45, 2.75) is 13.0 Å². The number of nitro groups is 1. The molecule has 2 rings (SSSR count). The van der Waals surface area contributed by atoms with Gasteiger partial charge < -0.3 is 15.0 Å². The van der Waals surface area contributed by atoms with Crippen LogP contribution in [0.2, 0.25) is 0 Å². The van der Waals surface area contributed by atoms with Gasteiger partial charge in [0, 0.05) is 26.2 Å². The Hall–Kier alpha value is -3.93. The zero-order valence-electron chi connectivity index (χ0n) is 15.5. The molecule has 0 saturated heterocycles. The average Bonchev–Trinajstić information content (AvgIpc) is 2.67. The average molecular weight is 382 g/mol. The van der Waals surface area contributed by atoms with Gasteiger partial charge in [0.15, 0.2) is 6.10 Å². The highest BCUT2D eigenvalue weighted by atomic mass is 16.6. The highest BCUT2D eigenvalue weighted by Gasteiger charge is 2.24. The van der Waals surface area contributed by atoms with Crippen LogP contribution in [0.3, 0.4) is 0 Å². The Morgan fingerprint density at radius 3 is 2.54 bits per heavy atom. The van der Waals surface area contributed by atoms with Crippen LogP contribution in [0.5, 0.6) is 0 Å². The molecule has 0 aromatic heterocycles. The van der Waals surface area contributed by atoms with E-state index in [9.17, 15) is 19.7 Å². The topological polar surface area (TPSA) is 126 Å². The lowest BCUT2D eigenvalue weighted by Crippen LogP contribution is -2.30. The van der Waals surface area contributed by atoms with Crippen LogP contribution in [-0.4, -0.2) is 37.0 Å². The summed E-state index contributed by atoms with van der Waals surface area (Å²) < 4.78 is 5.19. The Morgan fingerprint density at radius 1 is 1.25 bits per heavy atom. The number of non-ortho nitro benzene ring substituents is 1. The molecule has 1 N–H and O–H groups in total. The number of rotatable bonds is 6. The number of para-hydroxylation sites is 1. The first-order chi connectivity index (χ1) is 13.2. The van der Waals surface area contributed by atoms with Gasteiger partial charge in [-0.2, -0.15) is 5.26 Å². The number of nitro benzene ring substituents is 1. The van der Waals surface area contributed by atoms with Crippen molar-refractivity contribution in [2.24, 2.45) is 0 Å². The maximum atomic E-state index is 12.5. The summed E-state index contributed by atoms with van der Waals surface area (Å²) in [6, 6.07) is 12.2. The van der Waals surface area contributed by atoms with Crippen LogP contribution < -0.4 is 10.2 Å². The summed E-state index contributed by atoms with van der Waals surface area (Å²) in [5.74, 6) is -1.50. The summed E-state index contributed by atoms with van der Waals surface area (Å²) in [4.78, 5) is 36.8. The maximum absolute atomic E-state index is 12.5. The fraction of sp³-hybridized carbons (Fsp3) is 0.211. The SMILES string of the molecule is C[C@H](OC(=O)c1cc([N+](=O)[O-])ccc1N(C)C)C(=O)Nc1ccccc1C#N. The molecule has 2 aromatic carbocycles. The van der Waals surface area contributed by atoms with E-state index in [1.807, 2.05) is 6.07 Å². The molecular formula is C19H18N4O5. The van der Waals surface area contributed by atoms with E-state index in [0.29, 0.717) is 11.4 Å². The molecule has 0 aliphatic heterocycles. The number of hydrogen-bond donors (Lipinski definition) is 1. The number of nitriles is 1. The smallest absolute Gasteiger partial charge is 0.341 e. The molecule has 2 aromatic rings. The van der Waals surface area contributed by atoms with Crippen molar-refractivity contribution in [1.29, 1.82) is 5.26 Å². The van der Waals surface area contributed by atoms with Crippen LogP contribution >= 0.6 is 0 Å². The highest BCUT2D eigenvalue weighted by molar-refractivity contribution is 6.00. The van der Waals surface area contributed by atoms with E-state index in [0.717, 1.165) is 6.07 Å². The van der Waals surface area contributed by atoms with Crippen molar-refractivity contribution >= 4 is 28.9 Å². The van der Waals surface area contributed by atoms with Gasteiger partial charge in [-0.1, -0.05) is 12.1 Å². The van der Waals surface area contributed by atoms with Gasteiger partial charge in [-0.25, -0.2) is 4.79 Å². The van der Waals surface area contributed by atoms with Gasteiger partial charge in [0.25, 0.3) is 11.6 Å². The van der Waals surface area contributed by atoms with Crippen molar-refractivity contribution in [3.05, 3.63) is 63.7 Å². The number of anilines is 2. The molecule has 1 amide bonds. The number of carbonyl (C=O) groups is 2. The van der Waals surface area contributed by atoms with E-state index in [1.54, 1.807) is 43.3 Å². The van der Waals surface area contributed by atoms with Crippen LogP contribution in [-0.2, 0) is 9.53 Å². The van der Waals surface area contributed by atoms with Gasteiger partial charge in [-0.3, -0.25) is 14.9 Å². The fourth-order valence-corrected chi connectivity index (χ4v) is 2.39. The van der Waals surface area contributed by atoms with Crippen molar-refractivity contribution < 1.29 is 19.2 Å². The summed E-state index contributed by atoms with van der Waals surface area (Å²) in [6.45, 7) is 1.37. The molecule has 9 heteroatoms. The van der Waals surface area contributed by atoms with E-state index < -0.39 is 22.9 Å². The zero-order chi connectivity index (χ0) is 20.8. The Balaban J connectivity index is 2.20. The van der Waals surface area contributed by atoms with E-state index in [2.05, 4.69) is 5.32 Å². The first-order valence-corrected chi connectivity index (χ1v) is 8.21. The van der Waals surface area contributed by atoms with Gasteiger partial charge in [0.2, 0.25) is 0 Å². The molecule has 28 heavy (non-hydrogen) atoms. The van der Waals surface area contributed by atoms with E-state index >= 15 is 0 Å². The largest absolute Gasteiger partial charge is 0.449 e. The Labute approximate surface area is 161 Å². The molecule has 0 radical (unpaired) electrons. The van der Waals surface area contributed by atoms with Crippen LogP contribution in [0, 0.1) is 21.4 Å². The lowest BCUT2D eigenvalue weighted by Gasteiger charge is -2.18. The van der Waals surface area contributed by atoms with E-state index in [1.165, 1.54) is 19.1 Å². The minimum absolute atomic E-state index is 0.0312. The number of hydrogen-bond acceptors (Lipinski definition) is 7. The molecule has 0 saturated carbocycles. The molecule has 0 aliphatic rings. The zero-order valence-corrected chi connectivity index (χ0v) is 15.5. The van der Waals surface area contributed by atoms with Crippen molar-refractivity contribution in [1.82, 2.24) is 0 Å². The molecule has 9 nitrogen and oxygen atoms in total. The fourth-order valence-electron chi connectivity index (χ4n) is 2.39. The second-order valence-electron chi connectivity index (χ2n) is 6.05. The normalized spacial score (nSPS) is 11.1. The quantitative estimate of drug-likeness (QED) is 0.462. The molecule has 144 valence electrons. The van der Waals surface area contributed by atoms with Crippen LogP contribution in [0.4, 0.5) is 17.1 Å². The predicted octanol–water partition coefficient (Wildman–Crippen LogP) is 2.72. The first kappa shape index (κ1) is 20.4. The number of nitrogens with zero attached hydrogens (tertiary/aromatic N) is 3. The molecule has 1 atom stereocenters. The summed E-state index contributed by atoms with van der Waals surface area (Å²) in [5.41, 5.74) is 0.678. The second kappa shape index (κ2) is 8.64. The lowest BCUT2D eigenvalue weighted by molar-refractivity contribution is -0.384. The van der Waals surface area contributed by atoms with E-state index in [-0.39, 0.29) is 16.8 Å². The Kier molecular flexibility index (Phi) is 6.29. The molecule has 0 bridgehead atoms. The molecule has 0 spiro atoms. The highest BCUT2D eigenvalue weighted by Crippen LogP contribution is 2.25. The lowest BCUT2D eigenvalue weighted by atomic mass is 10.1. The number of esters is 1. The number of ether oxygens (including phenoxy) is 1. The Bertz CT molecular complexity index is 965. The Morgan fingerprint density at radius 2 is 1.93 bits per heavy atom. The minimum Gasteiger partial charge on any atom is -0.449 e. The van der Waals surface area contributed by atoms with Crippen molar-refractivity contribution in [2.75, 3.05) is 24.3 Å². The van der Waals surface area contributed by atoms with Crippen molar-refractivity contribution in [3.63, 3.8) is 0 Å². The van der Waals surface area contributed by atoms with Crippen LogP contribution in [0.15, 0.2) is 42.5 Å². The number of benzene rings is 2. The minimum atomic E-state index is -1.19. The van der Waals surface area contributed by atoms with Gasteiger partial charge in [-0.15, -0.1) is 0 Å². The third-order valence-corrected chi connectivity index (χ3v) is 3.85. The number of carbonyl (C=O) groups excluding carboxylic acids is 2. The second-order valence-corrected chi connectivity index (χ2v) is 6.05. The van der Waals surface area contributed by atoms with Crippen LogP contribution in [0.1, 0.15) is 22.8 Å². The molecule has 0 fully saturated rings. The molecule has 0 unspecified atom stereocenters. The maximum Gasteiger partial charge on any atom is 0.341 e. The van der Waals surface area contributed by atoms with Crippen molar-refractivity contribution in [3.8, 4) is 6.07 Å². The summed E-state index contributed by atoms with van der Waals surface area (Å²) in [5, 5.41) is 22.6. The molecule has 0 aliphatic carbocycles. The van der Waals surface area contributed by atoms with Gasteiger partial charge in [0.05, 0.1) is 27.4 Å². The predicted molar refractivity (Wildman–Crippen MR) is 102 cm³/mol. The first-order valence-electron chi connectivity index (χ1n) is 8.21. The number of amides is 1. The molecular weight excluding hydrogens is 364 g/mol. The summed E-state index contributed by atoms with van der Waals surface area (Å²) in [7, 11) is 3.35. The number of nitrogens with one attached hydrogen (secondary N) is 1. The molecule has 0 heterocycles. The monoisotopic (exact) mass is 382 g/mol. The standard InChI is InChI=1S/C19H18N4O5/c1-12(18(24)21-16-7-5-4-6-13(16)11-20)28-19(25)15-10-14(23(26)27)8-9-17(15)22(2)3/h4-10,12H,1-3H3,(H,21,24)/t12-/m0/s1. The summed E-state index contributed by atoms with van der Waals surface area (Å²) in [6.07, 6.45) is -1.19. The summed E-state index contributed by atoms with van der Waals surface area (Å²) >= 11 is 0. The third kappa shape index (κ3) is 4.62. The van der Waals surface area contributed by atoms with Gasteiger partial charge >= 0.3 is 5.97 Å². The third-order valence-electron chi connectivity index (χ3n) is 3.85. The van der Waals surface area contributed by atoms with Gasteiger partial charge in [-0.05, 0) is 25.1 Å². The van der Waals surface area contributed by atoms with E-state index in [4.69, 9.17) is 10.00 Å².